The molecule has 1 aromatic carbocycles. The van der Waals surface area contributed by atoms with Crippen LogP contribution < -0.4 is 10.6 Å². The van der Waals surface area contributed by atoms with Crippen LogP contribution in [0.5, 0.6) is 0 Å². The van der Waals surface area contributed by atoms with Crippen molar-refractivity contribution >= 4 is 23.6 Å². The van der Waals surface area contributed by atoms with Crippen molar-refractivity contribution in [3.8, 4) is 11.6 Å². The molecule has 11 heteroatoms. The van der Waals surface area contributed by atoms with E-state index in [0.717, 1.165) is 52.0 Å². The van der Waals surface area contributed by atoms with E-state index >= 15 is 0 Å². The second-order valence-electron chi connectivity index (χ2n) is 10.1. The van der Waals surface area contributed by atoms with E-state index in [2.05, 4.69) is 42.0 Å². The highest BCUT2D eigenvalue weighted by Gasteiger charge is 2.27. The SMILES string of the molecule is COC(=O)c1ccc(C2CCN(C[C@@H]3CCCN(c4nc(N)n5nc(-c6ccco6)nc5n4)C3)CC2)cc1. The molecule has 1 atom stereocenters. The Morgan fingerprint density at radius 2 is 1.89 bits per heavy atom. The van der Waals surface area contributed by atoms with Crippen LogP contribution in [0.25, 0.3) is 17.4 Å². The number of ether oxygens (including phenoxy) is 1. The third-order valence-electron chi connectivity index (χ3n) is 7.67. The molecular weight excluding hydrogens is 484 g/mol. The van der Waals surface area contributed by atoms with Crippen molar-refractivity contribution in [2.24, 2.45) is 5.92 Å². The summed E-state index contributed by atoms with van der Waals surface area (Å²) in [5, 5.41) is 4.39. The Balaban J connectivity index is 1.07. The van der Waals surface area contributed by atoms with E-state index in [1.54, 1.807) is 18.4 Å². The molecular formula is C27H32N8O3. The van der Waals surface area contributed by atoms with E-state index in [9.17, 15) is 4.79 Å². The number of nitrogen functional groups attached to an aromatic ring is 1. The average Bonchev–Trinajstić information content (AvgIpc) is 3.64. The summed E-state index contributed by atoms with van der Waals surface area (Å²) in [7, 11) is 1.41. The van der Waals surface area contributed by atoms with Crippen LogP contribution in [0, 0.1) is 5.92 Å². The lowest BCUT2D eigenvalue weighted by Crippen LogP contribution is -2.43. The van der Waals surface area contributed by atoms with Gasteiger partial charge in [-0.15, -0.1) is 5.10 Å². The highest BCUT2D eigenvalue weighted by Crippen LogP contribution is 2.30. The number of fused-ring (bicyclic) bond motifs is 1. The summed E-state index contributed by atoms with van der Waals surface area (Å²) in [6.07, 6.45) is 6.11. The minimum absolute atomic E-state index is 0.263. The predicted octanol–water partition coefficient (Wildman–Crippen LogP) is 3.24. The van der Waals surface area contributed by atoms with E-state index < -0.39 is 0 Å². The molecule has 0 saturated carbocycles. The van der Waals surface area contributed by atoms with Gasteiger partial charge in [0.2, 0.25) is 17.7 Å². The number of methoxy groups -OCH3 is 1. The first-order chi connectivity index (χ1) is 18.6. The lowest BCUT2D eigenvalue weighted by Gasteiger charge is -2.38. The van der Waals surface area contributed by atoms with Gasteiger partial charge in [-0.05, 0) is 80.4 Å². The molecule has 0 amide bonds. The summed E-state index contributed by atoms with van der Waals surface area (Å²) in [5.74, 6) is 3.06. The van der Waals surface area contributed by atoms with Gasteiger partial charge in [-0.1, -0.05) is 12.1 Å². The van der Waals surface area contributed by atoms with Crippen LogP contribution in [-0.4, -0.2) is 75.3 Å². The second kappa shape index (κ2) is 10.4. The molecule has 2 aliphatic heterocycles. The van der Waals surface area contributed by atoms with Gasteiger partial charge in [0.05, 0.1) is 18.9 Å². The number of carbonyl (C=O) groups excluding carboxylic acids is 1. The number of furan rings is 1. The van der Waals surface area contributed by atoms with E-state index in [4.69, 9.17) is 14.9 Å². The van der Waals surface area contributed by atoms with Crippen LogP contribution in [-0.2, 0) is 4.74 Å². The molecule has 2 aliphatic rings. The van der Waals surface area contributed by atoms with Gasteiger partial charge in [-0.25, -0.2) is 4.79 Å². The summed E-state index contributed by atoms with van der Waals surface area (Å²) >= 11 is 0. The van der Waals surface area contributed by atoms with Crippen LogP contribution in [0.4, 0.5) is 11.9 Å². The second-order valence-corrected chi connectivity index (χ2v) is 10.1. The molecule has 0 spiro atoms. The Kier molecular flexibility index (Phi) is 6.67. The van der Waals surface area contributed by atoms with Crippen molar-refractivity contribution in [2.75, 3.05) is 50.5 Å². The number of rotatable bonds is 6. The van der Waals surface area contributed by atoms with E-state index in [1.165, 1.54) is 23.6 Å². The Bertz CT molecular complexity index is 1390. The number of nitrogens with zero attached hydrogens (tertiary/aromatic N) is 7. The average molecular weight is 517 g/mol. The summed E-state index contributed by atoms with van der Waals surface area (Å²) in [4.78, 5) is 30.2. The normalized spacial score (nSPS) is 19.2. The first kappa shape index (κ1) is 24.4. The highest BCUT2D eigenvalue weighted by atomic mass is 16.5. The zero-order chi connectivity index (χ0) is 26.1. The fraction of sp³-hybridized carbons (Fsp3) is 0.444. The molecule has 11 nitrogen and oxygen atoms in total. The zero-order valence-corrected chi connectivity index (χ0v) is 21.5. The van der Waals surface area contributed by atoms with Crippen molar-refractivity contribution < 1.29 is 13.9 Å². The predicted molar refractivity (Wildman–Crippen MR) is 142 cm³/mol. The number of nitrogens with two attached hydrogens (primary N) is 1. The number of esters is 1. The molecule has 0 radical (unpaired) electrons. The number of benzene rings is 1. The monoisotopic (exact) mass is 516 g/mol. The molecule has 4 aromatic rings. The first-order valence-corrected chi connectivity index (χ1v) is 13.2. The Morgan fingerprint density at radius 1 is 1.08 bits per heavy atom. The van der Waals surface area contributed by atoms with Crippen molar-refractivity contribution in [3.63, 3.8) is 0 Å². The molecule has 3 aromatic heterocycles. The largest absolute Gasteiger partial charge is 0.465 e. The van der Waals surface area contributed by atoms with Crippen molar-refractivity contribution in [2.45, 2.75) is 31.6 Å². The third kappa shape index (κ3) is 4.93. The van der Waals surface area contributed by atoms with Gasteiger partial charge < -0.3 is 24.7 Å². The number of hydrogen-bond acceptors (Lipinski definition) is 10. The molecule has 38 heavy (non-hydrogen) atoms. The summed E-state index contributed by atoms with van der Waals surface area (Å²) in [6, 6.07) is 11.5. The van der Waals surface area contributed by atoms with Crippen LogP contribution in [0.15, 0.2) is 47.1 Å². The molecule has 2 N–H and O–H groups in total. The van der Waals surface area contributed by atoms with Gasteiger partial charge in [0.25, 0.3) is 5.78 Å². The number of likely N-dealkylation sites (tertiary alicyclic amines) is 1. The summed E-state index contributed by atoms with van der Waals surface area (Å²) in [5.41, 5.74) is 8.13. The van der Waals surface area contributed by atoms with Crippen LogP contribution >= 0.6 is 0 Å². The molecule has 2 fully saturated rings. The zero-order valence-electron chi connectivity index (χ0n) is 21.5. The van der Waals surface area contributed by atoms with Crippen LogP contribution in [0.3, 0.4) is 0 Å². The van der Waals surface area contributed by atoms with Gasteiger partial charge >= 0.3 is 5.97 Å². The van der Waals surface area contributed by atoms with Crippen molar-refractivity contribution in [1.82, 2.24) is 29.5 Å². The number of anilines is 2. The van der Waals surface area contributed by atoms with Gasteiger partial charge in [0.15, 0.2) is 5.76 Å². The first-order valence-electron chi connectivity index (χ1n) is 13.2. The third-order valence-corrected chi connectivity index (χ3v) is 7.67. The molecule has 0 unspecified atom stereocenters. The molecule has 6 rings (SSSR count). The van der Waals surface area contributed by atoms with Crippen molar-refractivity contribution in [3.05, 3.63) is 53.8 Å². The van der Waals surface area contributed by atoms with E-state index in [0.29, 0.717) is 40.7 Å². The molecule has 0 bridgehead atoms. The highest BCUT2D eigenvalue weighted by molar-refractivity contribution is 5.89. The smallest absolute Gasteiger partial charge is 0.337 e. The van der Waals surface area contributed by atoms with Crippen LogP contribution in [0.2, 0.25) is 0 Å². The molecule has 0 aliphatic carbocycles. The lowest BCUT2D eigenvalue weighted by atomic mass is 9.88. The maximum absolute atomic E-state index is 11.7. The Morgan fingerprint density at radius 3 is 2.63 bits per heavy atom. The summed E-state index contributed by atoms with van der Waals surface area (Å²) in [6.45, 7) is 5.00. The van der Waals surface area contributed by atoms with E-state index in [-0.39, 0.29) is 11.9 Å². The topological polar surface area (TPSA) is 128 Å². The minimum Gasteiger partial charge on any atom is -0.465 e. The van der Waals surface area contributed by atoms with Crippen molar-refractivity contribution in [1.29, 1.82) is 0 Å². The Labute approximate surface area is 220 Å². The quantitative estimate of drug-likeness (QED) is 0.381. The fourth-order valence-electron chi connectivity index (χ4n) is 5.66. The number of aromatic nitrogens is 5. The van der Waals surface area contributed by atoms with Crippen LogP contribution in [0.1, 0.15) is 47.5 Å². The fourth-order valence-corrected chi connectivity index (χ4v) is 5.66. The minimum atomic E-state index is -0.291. The summed E-state index contributed by atoms with van der Waals surface area (Å²) < 4.78 is 11.7. The molecule has 2 saturated heterocycles. The number of carbonyl (C=O) groups is 1. The maximum atomic E-state index is 11.7. The molecule has 5 heterocycles. The van der Waals surface area contributed by atoms with Gasteiger partial charge in [0.1, 0.15) is 0 Å². The number of hydrogen-bond donors (Lipinski definition) is 1. The maximum Gasteiger partial charge on any atom is 0.337 e. The standard InChI is InChI=1S/C27H32N8O3/c1-37-24(36)21-8-6-19(7-9-21)20-10-13-33(14-11-20)16-18-4-2-12-34(17-18)26-30-25(28)35-27(31-26)29-23(32-35)22-5-3-15-38-22/h3,5-9,15,18,20H,2,4,10-14,16-17H2,1H3,(H2,28,29,30,31,32)/t18-/m0/s1. The Hall–Kier alpha value is -3.99. The van der Waals surface area contributed by atoms with E-state index in [1.807, 2.05) is 12.1 Å². The molecule has 198 valence electrons. The van der Waals surface area contributed by atoms with Gasteiger partial charge in [-0.2, -0.15) is 19.5 Å². The number of piperidine rings is 2. The lowest BCUT2D eigenvalue weighted by molar-refractivity contribution is 0.0600. The van der Waals surface area contributed by atoms with Gasteiger partial charge in [0, 0.05) is 19.6 Å². The van der Waals surface area contributed by atoms with Gasteiger partial charge in [-0.3, -0.25) is 0 Å².